The van der Waals surface area contributed by atoms with Gasteiger partial charge in [0.2, 0.25) is 0 Å². The fourth-order valence-corrected chi connectivity index (χ4v) is 2.29. The van der Waals surface area contributed by atoms with Crippen LogP contribution in [0, 0.1) is 0 Å². The maximum absolute atomic E-state index is 5.87. The second-order valence-electron chi connectivity index (χ2n) is 2.96. The molecule has 3 nitrogen and oxygen atoms in total. The summed E-state index contributed by atoms with van der Waals surface area (Å²) in [6, 6.07) is 1.92. The van der Waals surface area contributed by atoms with E-state index < -0.39 is 0 Å². The van der Waals surface area contributed by atoms with E-state index in [0.29, 0.717) is 5.82 Å². The Hall–Kier alpha value is -1.00. The van der Waals surface area contributed by atoms with Crippen LogP contribution < -0.4 is 5.73 Å². The van der Waals surface area contributed by atoms with Gasteiger partial charge in [-0.3, -0.25) is 5.10 Å². The molecule has 2 aromatic heterocycles. The molecule has 2 heterocycles. The second kappa shape index (κ2) is 3.63. The van der Waals surface area contributed by atoms with E-state index >= 15 is 0 Å². The number of nitrogens with two attached hydrogens (primary N) is 1. The third-order valence-corrected chi connectivity index (χ3v) is 3.20. The van der Waals surface area contributed by atoms with Crippen molar-refractivity contribution in [1.82, 2.24) is 10.2 Å². The topological polar surface area (TPSA) is 54.7 Å². The van der Waals surface area contributed by atoms with E-state index in [1.54, 1.807) is 0 Å². The summed E-state index contributed by atoms with van der Waals surface area (Å²) >= 11 is 7.37. The highest BCUT2D eigenvalue weighted by molar-refractivity contribution is 7.14. The molecular weight excluding hydrogens is 218 g/mol. The number of aromatic nitrogens is 2. The maximum Gasteiger partial charge on any atom is 0.149 e. The predicted octanol–water partition coefficient (Wildman–Crippen LogP) is 2.94. The van der Waals surface area contributed by atoms with Crippen LogP contribution in [-0.2, 0) is 6.42 Å². The van der Waals surface area contributed by atoms with Crippen molar-refractivity contribution in [2.75, 3.05) is 5.73 Å². The number of H-pyrrole nitrogens is 1. The summed E-state index contributed by atoms with van der Waals surface area (Å²) in [5.41, 5.74) is 8.82. The number of nitrogens with one attached hydrogen (secondary N) is 1. The van der Waals surface area contributed by atoms with Crippen LogP contribution in [0.1, 0.15) is 12.5 Å². The minimum absolute atomic E-state index is 0.574. The summed E-state index contributed by atoms with van der Waals surface area (Å²) in [5, 5.41) is 8.91. The molecule has 0 atom stereocenters. The number of nitrogens with zero attached hydrogens (tertiary/aromatic N) is 1. The largest absolute Gasteiger partial charge is 0.382 e. The van der Waals surface area contributed by atoms with E-state index in [0.717, 1.165) is 27.6 Å². The Labute approximate surface area is 90.9 Å². The molecule has 0 bridgehead atoms. The van der Waals surface area contributed by atoms with Gasteiger partial charge >= 0.3 is 0 Å². The van der Waals surface area contributed by atoms with Gasteiger partial charge in [0, 0.05) is 16.5 Å². The zero-order valence-corrected chi connectivity index (χ0v) is 9.25. The normalized spacial score (nSPS) is 10.7. The molecule has 0 aromatic carbocycles. The highest BCUT2D eigenvalue weighted by atomic mass is 35.5. The molecule has 0 saturated heterocycles. The van der Waals surface area contributed by atoms with Crippen LogP contribution in [0.2, 0.25) is 4.34 Å². The zero-order chi connectivity index (χ0) is 10.1. The average molecular weight is 228 g/mol. The van der Waals surface area contributed by atoms with Crippen molar-refractivity contribution in [3.8, 4) is 11.3 Å². The van der Waals surface area contributed by atoms with Gasteiger partial charge < -0.3 is 5.73 Å². The predicted molar refractivity (Wildman–Crippen MR) is 60.7 cm³/mol. The molecule has 0 aliphatic carbocycles. The van der Waals surface area contributed by atoms with Crippen LogP contribution in [0.25, 0.3) is 11.3 Å². The molecule has 5 heteroatoms. The fraction of sp³-hybridized carbons (Fsp3) is 0.222. The average Bonchev–Trinajstić information content (AvgIpc) is 2.71. The first kappa shape index (κ1) is 9.55. The molecule has 74 valence electrons. The molecule has 2 rings (SSSR count). The molecule has 0 spiro atoms. The van der Waals surface area contributed by atoms with E-state index in [9.17, 15) is 0 Å². The smallest absolute Gasteiger partial charge is 0.149 e. The van der Waals surface area contributed by atoms with Crippen LogP contribution in [0.15, 0.2) is 11.4 Å². The third kappa shape index (κ3) is 1.51. The highest BCUT2D eigenvalue weighted by Gasteiger charge is 2.11. The lowest BCUT2D eigenvalue weighted by atomic mass is 10.1. The van der Waals surface area contributed by atoms with Gasteiger partial charge in [-0.15, -0.1) is 11.3 Å². The van der Waals surface area contributed by atoms with Crippen LogP contribution in [0.4, 0.5) is 5.82 Å². The zero-order valence-electron chi connectivity index (χ0n) is 7.67. The molecule has 0 amide bonds. The van der Waals surface area contributed by atoms with Crippen LogP contribution in [-0.4, -0.2) is 10.2 Å². The fourth-order valence-electron chi connectivity index (χ4n) is 1.42. The van der Waals surface area contributed by atoms with Gasteiger partial charge in [0.05, 0.1) is 10.0 Å². The van der Waals surface area contributed by atoms with E-state index in [1.165, 1.54) is 11.3 Å². The number of rotatable bonds is 2. The lowest BCUT2D eigenvalue weighted by molar-refractivity contribution is 1.10. The Balaban J connectivity index is 2.51. The highest BCUT2D eigenvalue weighted by Crippen LogP contribution is 2.31. The van der Waals surface area contributed by atoms with Gasteiger partial charge in [0.25, 0.3) is 0 Å². The molecule has 0 aliphatic rings. The first-order valence-electron chi connectivity index (χ1n) is 4.29. The number of anilines is 1. The van der Waals surface area contributed by atoms with Gasteiger partial charge in [-0.1, -0.05) is 18.5 Å². The Morgan fingerprint density at radius 3 is 3.00 bits per heavy atom. The van der Waals surface area contributed by atoms with Crippen LogP contribution >= 0.6 is 22.9 Å². The lowest BCUT2D eigenvalue weighted by Crippen LogP contribution is -1.90. The molecule has 14 heavy (non-hydrogen) atoms. The quantitative estimate of drug-likeness (QED) is 0.829. The van der Waals surface area contributed by atoms with Crippen LogP contribution in [0.3, 0.4) is 0 Å². The lowest BCUT2D eigenvalue weighted by Gasteiger charge is -1.97. The van der Waals surface area contributed by atoms with Gasteiger partial charge in [0.1, 0.15) is 5.82 Å². The van der Waals surface area contributed by atoms with Crippen molar-refractivity contribution >= 4 is 28.8 Å². The monoisotopic (exact) mass is 227 g/mol. The summed E-state index contributed by atoms with van der Waals surface area (Å²) < 4.78 is 0.773. The number of aromatic amines is 1. The standard InChI is InChI=1S/C9H10ClN3S/c1-2-6-8(12-13-9(6)11)5-3-7(10)14-4-5/h3-4H,2H2,1H3,(H3,11,12,13). The van der Waals surface area contributed by atoms with E-state index in [2.05, 4.69) is 17.1 Å². The number of thiophene rings is 1. The first-order chi connectivity index (χ1) is 6.72. The summed E-state index contributed by atoms with van der Waals surface area (Å²) in [6.07, 6.45) is 0.866. The number of hydrogen-bond acceptors (Lipinski definition) is 3. The minimum atomic E-state index is 0.574. The van der Waals surface area contributed by atoms with Crippen molar-refractivity contribution in [1.29, 1.82) is 0 Å². The Morgan fingerprint density at radius 2 is 2.43 bits per heavy atom. The molecule has 0 saturated carbocycles. The number of halogens is 1. The molecule has 0 radical (unpaired) electrons. The van der Waals surface area contributed by atoms with Crippen molar-refractivity contribution < 1.29 is 0 Å². The summed E-state index contributed by atoms with van der Waals surface area (Å²) in [4.78, 5) is 0. The molecular formula is C9H10ClN3S. The first-order valence-corrected chi connectivity index (χ1v) is 5.55. The van der Waals surface area contributed by atoms with E-state index in [-0.39, 0.29) is 0 Å². The number of nitrogen functional groups attached to an aromatic ring is 1. The summed E-state index contributed by atoms with van der Waals surface area (Å²) in [6.45, 7) is 2.05. The summed E-state index contributed by atoms with van der Waals surface area (Å²) in [5.74, 6) is 0.574. The van der Waals surface area contributed by atoms with Gasteiger partial charge in [0.15, 0.2) is 0 Å². The molecule has 2 aromatic rings. The van der Waals surface area contributed by atoms with Crippen molar-refractivity contribution in [3.63, 3.8) is 0 Å². The Morgan fingerprint density at radius 1 is 1.64 bits per heavy atom. The minimum Gasteiger partial charge on any atom is -0.382 e. The van der Waals surface area contributed by atoms with Crippen molar-refractivity contribution in [3.05, 3.63) is 21.3 Å². The summed E-state index contributed by atoms with van der Waals surface area (Å²) in [7, 11) is 0. The molecule has 0 fully saturated rings. The third-order valence-electron chi connectivity index (χ3n) is 2.11. The Bertz CT molecular complexity index is 447. The van der Waals surface area contributed by atoms with Crippen molar-refractivity contribution in [2.45, 2.75) is 13.3 Å². The molecule has 0 unspecified atom stereocenters. The molecule has 0 aliphatic heterocycles. The SMILES string of the molecule is CCc1c(N)n[nH]c1-c1csc(Cl)c1. The van der Waals surface area contributed by atoms with Gasteiger partial charge in [-0.2, -0.15) is 5.10 Å². The van der Waals surface area contributed by atoms with E-state index in [4.69, 9.17) is 17.3 Å². The van der Waals surface area contributed by atoms with Gasteiger partial charge in [-0.25, -0.2) is 0 Å². The second-order valence-corrected chi connectivity index (χ2v) is 4.50. The maximum atomic E-state index is 5.87. The number of hydrogen-bond donors (Lipinski definition) is 2. The van der Waals surface area contributed by atoms with Crippen LogP contribution in [0.5, 0.6) is 0 Å². The van der Waals surface area contributed by atoms with E-state index in [1.807, 2.05) is 11.4 Å². The molecule has 3 N–H and O–H groups in total. The Kier molecular flexibility index (Phi) is 2.48. The van der Waals surface area contributed by atoms with Gasteiger partial charge in [-0.05, 0) is 12.5 Å². The van der Waals surface area contributed by atoms with Crippen molar-refractivity contribution in [2.24, 2.45) is 0 Å².